The molecule has 160 valence electrons. The minimum absolute atomic E-state index is 0.00555. The topological polar surface area (TPSA) is 61.4 Å². The van der Waals surface area contributed by atoms with Gasteiger partial charge in [0.1, 0.15) is 0 Å². The van der Waals surface area contributed by atoms with Crippen LogP contribution in [0.4, 0.5) is 0 Å². The van der Waals surface area contributed by atoms with E-state index < -0.39 is 0 Å². The maximum atomic E-state index is 5.87. The number of nitrogens with one attached hydrogen (secondary N) is 2. The van der Waals surface area contributed by atoms with Crippen LogP contribution in [0, 0.1) is 0 Å². The molecule has 0 aromatic carbocycles. The first-order valence-corrected chi connectivity index (χ1v) is 10.4. The van der Waals surface area contributed by atoms with E-state index >= 15 is 0 Å². The lowest BCUT2D eigenvalue weighted by molar-refractivity contribution is -0.0939. The van der Waals surface area contributed by atoms with Crippen LogP contribution in [0.15, 0.2) is 4.99 Å². The molecule has 0 aliphatic carbocycles. The highest BCUT2D eigenvalue weighted by molar-refractivity contribution is 5.79. The fourth-order valence-electron chi connectivity index (χ4n) is 3.34. The number of guanidine groups is 1. The van der Waals surface area contributed by atoms with Crippen LogP contribution < -0.4 is 10.6 Å². The van der Waals surface area contributed by atoms with Crippen LogP contribution in [0.5, 0.6) is 0 Å². The van der Waals surface area contributed by atoms with E-state index in [9.17, 15) is 0 Å². The fraction of sp³-hybridized carbons (Fsp3) is 0.950. The predicted molar refractivity (Wildman–Crippen MR) is 114 cm³/mol. The van der Waals surface area contributed by atoms with E-state index in [4.69, 9.17) is 14.5 Å². The molecule has 7 heteroatoms. The Hall–Kier alpha value is -0.890. The standard InChI is InChI=1S/C20H43N5O2/c1-8-21-19(22-10-12-24(6)11-9-13-26-7)23-16-20(4,5)25-14-17(2)27-18(3)15-25/h17-18H,8-16H2,1-7H3,(H2,21,22,23). The van der Waals surface area contributed by atoms with E-state index in [-0.39, 0.29) is 17.7 Å². The molecule has 2 atom stereocenters. The molecular formula is C20H43N5O2. The summed E-state index contributed by atoms with van der Waals surface area (Å²) in [5, 5.41) is 6.82. The van der Waals surface area contributed by atoms with Crippen molar-refractivity contribution in [3.05, 3.63) is 0 Å². The van der Waals surface area contributed by atoms with Crippen molar-refractivity contribution >= 4 is 5.96 Å². The summed E-state index contributed by atoms with van der Waals surface area (Å²) in [6.45, 7) is 18.2. The van der Waals surface area contributed by atoms with Crippen molar-refractivity contribution in [3.63, 3.8) is 0 Å². The van der Waals surface area contributed by atoms with Crippen LogP contribution >= 0.6 is 0 Å². The molecule has 0 saturated carbocycles. The van der Waals surface area contributed by atoms with Gasteiger partial charge in [-0.25, -0.2) is 0 Å². The van der Waals surface area contributed by atoms with Gasteiger partial charge in [-0.15, -0.1) is 0 Å². The largest absolute Gasteiger partial charge is 0.385 e. The van der Waals surface area contributed by atoms with Crippen molar-refractivity contribution in [2.24, 2.45) is 4.99 Å². The Bertz CT molecular complexity index is 421. The molecule has 0 radical (unpaired) electrons. The van der Waals surface area contributed by atoms with Crippen molar-refractivity contribution in [3.8, 4) is 0 Å². The van der Waals surface area contributed by atoms with Crippen molar-refractivity contribution in [1.82, 2.24) is 20.4 Å². The van der Waals surface area contributed by atoms with Crippen LogP contribution in [-0.4, -0.2) is 100 Å². The number of morpholine rings is 1. The van der Waals surface area contributed by atoms with E-state index in [0.717, 1.165) is 64.8 Å². The van der Waals surface area contributed by atoms with E-state index in [1.165, 1.54) is 0 Å². The van der Waals surface area contributed by atoms with Crippen molar-refractivity contribution < 1.29 is 9.47 Å². The molecule has 1 fully saturated rings. The number of hydrogen-bond acceptors (Lipinski definition) is 5. The average Bonchev–Trinajstić information content (AvgIpc) is 2.59. The summed E-state index contributed by atoms with van der Waals surface area (Å²) in [7, 11) is 3.89. The first-order chi connectivity index (χ1) is 12.8. The summed E-state index contributed by atoms with van der Waals surface area (Å²) >= 11 is 0. The van der Waals surface area contributed by atoms with Gasteiger partial charge in [0, 0.05) is 58.5 Å². The minimum Gasteiger partial charge on any atom is -0.385 e. The van der Waals surface area contributed by atoms with Crippen molar-refractivity contribution in [2.45, 2.75) is 58.8 Å². The summed E-state index contributed by atoms with van der Waals surface area (Å²) in [6.07, 6.45) is 1.61. The summed E-state index contributed by atoms with van der Waals surface area (Å²) < 4.78 is 11.0. The quantitative estimate of drug-likeness (QED) is 0.318. The Morgan fingerprint density at radius 1 is 1.22 bits per heavy atom. The number of nitrogens with zero attached hydrogens (tertiary/aromatic N) is 3. The van der Waals surface area contributed by atoms with Crippen LogP contribution in [-0.2, 0) is 9.47 Å². The molecular weight excluding hydrogens is 342 g/mol. The van der Waals surface area contributed by atoms with Gasteiger partial charge in [-0.3, -0.25) is 9.89 Å². The molecule has 1 aliphatic rings. The fourth-order valence-corrected chi connectivity index (χ4v) is 3.34. The third-order valence-corrected chi connectivity index (χ3v) is 4.92. The second kappa shape index (κ2) is 12.5. The van der Waals surface area contributed by atoms with Gasteiger partial charge in [0.05, 0.1) is 18.8 Å². The molecule has 27 heavy (non-hydrogen) atoms. The Balaban J connectivity index is 2.49. The lowest BCUT2D eigenvalue weighted by Gasteiger charge is -2.44. The predicted octanol–water partition coefficient (Wildman–Crippen LogP) is 1.40. The number of hydrogen-bond donors (Lipinski definition) is 2. The third kappa shape index (κ3) is 9.74. The van der Waals surface area contributed by atoms with E-state index in [1.807, 2.05) is 0 Å². The first-order valence-electron chi connectivity index (χ1n) is 10.4. The van der Waals surface area contributed by atoms with E-state index in [0.29, 0.717) is 0 Å². The summed E-state index contributed by atoms with van der Waals surface area (Å²) in [4.78, 5) is 9.67. The van der Waals surface area contributed by atoms with Crippen molar-refractivity contribution in [2.75, 3.05) is 66.6 Å². The number of rotatable bonds is 11. The monoisotopic (exact) mass is 385 g/mol. The van der Waals surface area contributed by atoms with E-state index in [1.54, 1.807) is 7.11 Å². The van der Waals surface area contributed by atoms with Crippen molar-refractivity contribution in [1.29, 1.82) is 0 Å². The van der Waals surface area contributed by atoms with Gasteiger partial charge >= 0.3 is 0 Å². The van der Waals surface area contributed by atoms with Gasteiger partial charge in [-0.2, -0.15) is 0 Å². The lowest BCUT2D eigenvalue weighted by atomic mass is 10.0. The van der Waals surface area contributed by atoms with Gasteiger partial charge < -0.3 is 25.0 Å². The number of likely N-dealkylation sites (N-methyl/N-ethyl adjacent to an activating group) is 1. The first kappa shape index (κ1) is 24.1. The van der Waals surface area contributed by atoms with Gasteiger partial charge in [0.15, 0.2) is 5.96 Å². The SMILES string of the molecule is CCNC(=NCC(C)(C)N1CC(C)OC(C)C1)NCCN(C)CCCOC. The summed E-state index contributed by atoms with van der Waals surface area (Å²) in [6, 6.07) is 0. The van der Waals surface area contributed by atoms with Crippen LogP contribution in [0.3, 0.4) is 0 Å². The minimum atomic E-state index is 0.00555. The Morgan fingerprint density at radius 2 is 1.89 bits per heavy atom. The lowest BCUT2D eigenvalue weighted by Crippen LogP contribution is -2.56. The molecule has 1 rings (SSSR count). The highest BCUT2D eigenvalue weighted by atomic mass is 16.5. The molecule has 0 aromatic rings. The Morgan fingerprint density at radius 3 is 2.48 bits per heavy atom. The van der Waals surface area contributed by atoms with Gasteiger partial charge in [0.25, 0.3) is 0 Å². The average molecular weight is 386 g/mol. The smallest absolute Gasteiger partial charge is 0.191 e. The maximum Gasteiger partial charge on any atom is 0.191 e. The molecule has 0 aromatic heterocycles. The molecule has 1 aliphatic heterocycles. The zero-order chi connectivity index (χ0) is 20.3. The number of ether oxygens (including phenoxy) is 2. The summed E-state index contributed by atoms with van der Waals surface area (Å²) in [5.74, 6) is 0.894. The normalized spacial score (nSPS) is 22.3. The highest BCUT2D eigenvalue weighted by Gasteiger charge is 2.33. The molecule has 1 saturated heterocycles. The van der Waals surface area contributed by atoms with Crippen LogP contribution in [0.25, 0.3) is 0 Å². The van der Waals surface area contributed by atoms with Gasteiger partial charge in [0.2, 0.25) is 0 Å². The zero-order valence-corrected chi connectivity index (χ0v) is 18.7. The molecule has 2 N–H and O–H groups in total. The Labute approximate surface area is 166 Å². The molecule has 0 bridgehead atoms. The second-order valence-electron chi connectivity index (χ2n) is 8.25. The molecule has 0 amide bonds. The van der Waals surface area contributed by atoms with E-state index in [2.05, 4.69) is 62.1 Å². The van der Waals surface area contributed by atoms with Gasteiger partial charge in [-0.1, -0.05) is 0 Å². The van der Waals surface area contributed by atoms with Gasteiger partial charge in [-0.05, 0) is 48.1 Å². The molecule has 0 spiro atoms. The number of methoxy groups -OCH3 is 1. The Kier molecular flexibility index (Phi) is 11.2. The molecule has 7 nitrogen and oxygen atoms in total. The highest BCUT2D eigenvalue weighted by Crippen LogP contribution is 2.21. The zero-order valence-electron chi connectivity index (χ0n) is 18.7. The molecule has 1 heterocycles. The van der Waals surface area contributed by atoms with Crippen LogP contribution in [0.1, 0.15) is 41.0 Å². The third-order valence-electron chi connectivity index (χ3n) is 4.92. The van der Waals surface area contributed by atoms with Crippen LogP contribution in [0.2, 0.25) is 0 Å². The second-order valence-corrected chi connectivity index (χ2v) is 8.25. The molecule has 2 unspecified atom stereocenters. The number of aliphatic imine (C=N–C) groups is 1. The summed E-state index contributed by atoms with van der Waals surface area (Å²) in [5.41, 5.74) is 0.00555. The maximum absolute atomic E-state index is 5.87.